The molecule has 18 heavy (non-hydrogen) atoms. The molecular formula is C6F10O2. The molecule has 1 aliphatic heterocycles. The number of hydrogen-bond donors (Lipinski definition) is 0. The number of ether oxygens (including phenoxy) is 2. The third-order valence-electron chi connectivity index (χ3n) is 1.76. The fourth-order valence-electron chi connectivity index (χ4n) is 0.939. The van der Waals surface area contributed by atoms with Crippen LogP contribution in [0, 0.1) is 0 Å². The zero-order valence-electron chi connectivity index (χ0n) is 7.60. The van der Waals surface area contributed by atoms with Gasteiger partial charge < -0.3 is 9.47 Å². The molecule has 0 aromatic heterocycles. The van der Waals surface area contributed by atoms with E-state index in [0.29, 0.717) is 0 Å². The van der Waals surface area contributed by atoms with E-state index in [1.54, 1.807) is 0 Å². The fourth-order valence-corrected chi connectivity index (χ4v) is 0.939. The van der Waals surface area contributed by atoms with E-state index in [4.69, 9.17) is 0 Å². The van der Waals surface area contributed by atoms with Crippen molar-refractivity contribution < 1.29 is 53.4 Å². The van der Waals surface area contributed by atoms with Gasteiger partial charge in [0.15, 0.2) is 0 Å². The van der Waals surface area contributed by atoms with Crippen LogP contribution in [0.3, 0.4) is 0 Å². The molecule has 0 N–H and O–H groups in total. The summed E-state index contributed by atoms with van der Waals surface area (Å²) in [7, 11) is 0. The van der Waals surface area contributed by atoms with Crippen LogP contribution in [0.5, 0.6) is 0 Å². The lowest BCUT2D eigenvalue weighted by Gasteiger charge is -2.40. The molecule has 1 aliphatic rings. The molecule has 2 unspecified atom stereocenters. The molecule has 2 nitrogen and oxygen atoms in total. The number of alkyl halides is 8. The Bertz CT molecular complexity index is 347. The minimum Gasteiger partial charge on any atom is -0.415 e. The lowest BCUT2D eigenvalue weighted by molar-refractivity contribution is -0.483. The van der Waals surface area contributed by atoms with Crippen molar-refractivity contribution in [2.75, 3.05) is 0 Å². The molecule has 1 rings (SSSR count). The maximum atomic E-state index is 13.0. The van der Waals surface area contributed by atoms with Crippen molar-refractivity contribution in [3.8, 4) is 0 Å². The van der Waals surface area contributed by atoms with Crippen LogP contribution in [0.2, 0.25) is 0 Å². The minimum absolute atomic E-state index is 2.42. The van der Waals surface area contributed by atoms with Gasteiger partial charge in [-0.25, -0.2) is 0 Å². The Morgan fingerprint density at radius 3 is 1.06 bits per heavy atom. The Morgan fingerprint density at radius 2 is 0.889 bits per heavy atom. The molecule has 0 saturated heterocycles. The van der Waals surface area contributed by atoms with Gasteiger partial charge in [0.1, 0.15) is 0 Å². The van der Waals surface area contributed by atoms with E-state index in [1.165, 1.54) is 0 Å². The van der Waals surface area contributed by atoms with Crippen LogP contribution in [0.25, 0.3) is 0 Å². The summed E-state index contributed by atoms with van der Waals surface area (Å²) in [4.78, 5) is 0. The van der Waals surface area contributed by atoms with Crippen LogP contribution in [0.1, 0.15) is 0 Å². The molecule has 0 spiro atoms. The van der Waals surface area contributed by atoms with Crippen molar-refractivity contribution >= 4 is 0 Å². The normalized spacial score (nSPS) is 34.1. The van der Waals surface area contributed by atoms with Crippen molar-refractivity contribution in [2.45, 2.75) is 24.1 Å². The first kappa shape index (κ1) is 14.7. The second-order valence-electron chi connectivity index (χ2n) is 2.94. The first-order valence-corrected chi connectivity index (χ1v) is 3.71. The Labute approximate surface area is 90.8 Å². The van der Waals surface area contributed by atoms with E-state index < -0.39 is 36.1 Å². The number of halogens is 10. The van der Waals surface area contributed by atoms with E-state index in [1.807, 2.05) is 0 Å². The van der Waals surface area contributed by atoms with Crippen LogP contribution in [-0.4, -0.2) is 24.1 Å². The highest BCUT2D eigenvalue weighted by Crippen LogP contribution is 2.57. The van der Waals surface area contributed by atoms with Crippen molar-refractivity contribution in [1.29, 1.82) is 0 Å². The minimum atomic E-state index is -6.69. The zero-order chi connectivity index (χ0) is 14.6. The summed E-state index contributed by atoms with van der Waals surface area (Å²) < 4.78 is 127. The summed E-state index contributed by atoms with van der Waals surface area (Å²) in [6.07, 6.45) is -13.4. The van der Waals surface area contributed by atoms with Gasteiger partial charge in [0, 0.05) is 0 Å². The smallest absolute Gasteiger partial charge is 0.415 e. The average molecular weight is 294 g/mol. The summed E-state index contributed by atoms with van der Waals surface area (Å²) in [5.74, 6) is -12.6. The molecule has 0 bridgehead atoms. The molecule has 0 amide bonds. The summed E-state index contributed by atoms with van der Waals surface area (Å²) in [6, 6.07) is -6.21. The molecule has 0 radical (unpaired) electrons. The van der Waals surface area contributed by atoms with Crippen LogP contribution in [0.4, 0.5) is 43.9 Å². The summed E-state index contributed by atoms with van der Waals surface area (Å²) in [5, 5.41) is 0. The average Bonchev–Trinajstić information content (AvgIpc) is 2.11. The predicted molar refractivity (Wildman–Crippen MR) is 31.2 cm³/mol. The van der Waals surface area contributed by atoms with Gasteiger partial charge in [0.25, 0.3) is 0 Å². The van der Waals surface area contributed by atoms with Crippen molar-refractivity contribution in [3.63, 3.8) is 0 Å². The van der Waals surface area contributed by atoms with Gasteiger partial charge in [0.05, 0.1) is 0 Å². The highest BCUT2D eigenvalue weighted by Gasteiger charge is 2.87. The first-order chi connectivity index (χ1) is 7.76. The summed E-state index contributed by atoms with van der Waals surface area (Å²) in [6.45, 7) is 0. The molecule has 0 saturated carbocycles. The van der Waals surface area contributed by atoms with Crippen molar-refractivity contribution in [3.05, 3.63) is 12.0 Å². The molecule has 0 aliphatic carbocycles. The van der Waals surface area contributed by atoms with E-state index in [9.17, 15) is 43.9 Å². The molecule has 0 fully saturated rings. The zero-order valence-corrected chi connectivity index (χ0v) is 7.60. The summed E-state index contributed by atoms with van der Waals surface area (Å²) in [5.41, 5.74) is 0. The van der Waals surface area contributed by atoms with Crippen LogP contribution in [-0.2, 0) is 9.47 Å². The second kappa shape index (κ2) is 3.57. The largest absolute Gasteiger partial charge is 0.468 e. The van der Waals surface area contributed by atoms with E-state index in [2.05, 4.69) is 9.47 Å². The third kappa shape index (κ3) is 1.73. The maximum Gasteiger partial charge on any atom is 0.468 e. The molecular weight excluding hydrogens is 294 g/mol. The molecule has 2 atom stereocenters. The Kier molecular flexibility index (Phi) is 2.92. The van der Waals surface area contributed by atoms with E-state index in [-0.39, 0.29) is 0 Å². The van der Waals surface area contributed by atoms with Gasteiger partial charge >= 0.3 is 36.1 Å². The van der Waals surface area contributed by atoms with Crippen molar-refractivity contribution in [2.24, 2.45) is 0 Å². The highest BCUT2D eigenvalue weighted by atomic mass is 19.4. The number of rotatable bonds is 0. The molecule has 12 heteroatoms. The van der Waals surface area contributed by atoms with Gasteiger partial charge in [-0.2, -0.15) is 43.9 Å². The van der Waals surface area contributed by atoms with E-state index >= 15 is 0 Å². The van der Waals surface area contributed by atoms with Gasteiger partial charge in [-0.1, -0.05) is 0 Å². The van der Waals surface area contributed by atoms with Gasteiger partial charge in [-0.15, -0.1) is 0 Å². The molecule has 0 aromatic carbocycles. The fraction of sp³-hybridized carbons (Fsp3) is 0.667. The maximum absolute atomic E-state index is 13.0. The first-order valence-electron chi connectivity index (χ1n) is 3.71. The Hall–Kier alpha value is -1.36. The SMILES string of the molecule is FC1=C(F)OC(F)(C(F)(F)F)C(F)(C(F)(F)F)O1. The molecule has 1 heterocycles. The Morgan fingerprint density at radius 1 is 0.667 bits per heavy atom. The molecule has 106 valence electrons. The standard InChI is InChI=1S/C6F10O2/c7-1-2(8)18-4(10,6(14,15)16)3(9,17-1)5(11,12)13. The lowest BCUT2D eigenvalue weighted by atomic mass is 10.1. The predicted octanol–water partition coefficient (Wildman–Crippen LogP) is 3.55. The van der Waals surface area contributed by atoms with Crippen LogP contribution >= 0.6 is 0 Å². The van der Waals surface area contributed by atoms with Crippen molar-refractivity contribution in [1.82, 2.24) is 0 Å². The second-order valence-corrected chi connectivity index (χ2v) is 2.94. The molecule has 0 aromatic rings. The van der Waals surface area contributed by atoms with Gasteiger partial charge in [-0.05, 0) is 0 Å². The van der Waals surface area contributed by atoms with Gasteiger partial charge in [0.2, 0.25) is 0 Å². The highest BCUT2D eigenvalue weighted by molar-refractivity contribution is 5.07. The van der Waals surface area contributed by atoms with Crippen LogP contribution in [0.15, 0.2) is 12.0 Å². The Balaban J connectivity index is 3.47. The quantitative estimate of drug-likeness (QED) is 0.636. The monoisotopic (exact) mass is 294 g/mol. The van der Waals surface area contributed by atoms with Crippen LogP contribution < -0.4 is 0 Å². The third-order valence-corrected chi connectivity index (χ3v) is 1.76. The number of hydrogen-bond acceptors (Lipinski definition) is 2. The van der Waals surface area contributed by atoms with E-state index in [0.717, 1.165) is 0 Å². The lowest BCUT2D eigenvalue weighted by Crippen LogP contribution is -2.68. The topological polar surface area (TPSA) is 18.5 Å². The van der Waals surface area contributed by atoms with Gasteiger partial charge in [-0.3, -0.25) is 0 Å². The summed E-state index contributed by atoms with van der Waals surface area (Å²) >= 11 is 0.